The van der Waals surface area contributed by atoms with Crippen molar-refractivity contribution in [3.8, 4) is 11.5 Å². The maximum atomic E-state index is 12.8. The molecule has 0 aliphatic carbocycles. The number of nitrogens with zero attached hydrogens (tertiary/aromatic N) is 1. The topological polar surface area (TPSA) is 111 Å². The number of sulfone groups is 1. The molecule has 0 aromatic heterocycles. The number of benzene rings is 2. The molecule has 2 aromatic carbocycles. The second-order valence-corrected chi connectivity index (χ2v) is 9.42. The molecule has 9 heteroatoms. The number of nitrogens with one attached hydrogen (secondary N) is 1. The molecule has 3 N–H and O–H groups in total. The van der Waals surface area contributed by atoms with Gasteiger partial charge in [-0.3, -0.25) is 9.69 Å². The molecule has 0 saturated carbocycles. The highest BCUT2D eigenvalue weighted by Crippen LogP contribution is 2.34. The van der Waals surface area contributed by atoms with E-state index in [2.05, 4.69) is 10.2 Å². The quantitative estimate of drug-likeness (QED) is 0.746. The normalized spacial score (nSPS) is 16.6. The molecule has 0 unspecified atom stereocenters. The molecule has 158 valence electrons. The smallest absolute Gasteiger partial charge is 0.254 e. The number of hydrogen-bond acceptors (Lipinski definition) is 7. The molecule has 0 radical (unpaired) electrons. The average molecular weight is 429 g/mol. The van der Waals surface area contributed by atoms with Crippen LogP contribution < -0.4 is 20.5 Å². The van der Waals surface area contributed by atoms with Crippen LogP contribution in [0, 0.1) is 0 Å². The van der Waals surface area contributed by atoms with Gasteiger partial charge in [0.15, 0.2) is 21.3 Å². The SMILES string of the molecule is CS(=O)(=O)c1ccc(CN2CCC(N)=C(C(=O)Nc3ccc4c(c3)OCO4)C2)cc1. The minimum Gasteiger partial charge on any atom is -0.454 e. The lowest BCUT2D eigenvalue weighted by Gasteiger charge is -2.29. The molecule has 4 rings (SSSR count). The number of ether oxygens (including phenoxy) is 2. The second kappa shape index (κ2) is 8.00. The second-order valence-electron chi connectivity index (χ2n) is 7.40. The molecule has 2 heterocycles. The molecule has 30 heavy (non-hydrogen) atoms. The monoisotopic (exact) mass is 429 g/mol. The first kappa shape index (κ1) is 20.2. The molecule has 2 aliphatic heterocycles. The summed E-state index contributed by atoms with van der Waals surface area (Å²) in [6, 6.07) is 12.0. The molecular weight excluding hydrogens is 406 g/mol. The maximum Gasteiger partial charge on any atom is 0.254 e. The molecule has 8 nitrogen and oxygen atoms in total. The van der Waals surface area contributed by atoms with Crippen LogP contribution in [0.25, 0.3) is 0 Å². The summed E-state index contributed by atoms with van der Waals surface area (Å²) in [6.07, 6.45) is 1.77. The van der Waals surface area contributed by atoms with Crippen molar-refractivity contribution in [3.05, 3.63) is 59.3 Å². The van der Waals surface area contributed by atoms with Crippen molar-refractivity contribution >= 4 is 21.4 Å². The lowest BCUT2D eigenvalue weighted by Crippen LogP contribution is -2.37. The summed E-state index contributed by atoms with van der Waals surface area (Å²) in [6.45, 7) is 1.90. The van der Waals surface area contributed by atoms with Crippen LogP contribution >= 0.6 is 0 Å². The van der Waals surface area contributed by atoms with Crippen molar-refractivity contribution < 1.29 is 22.7 Å². The fourth-order valence-electron chi connectivity index (χ4n) is 3.47. The summed E-state index contributed by atoms with van der Waals surface area (Å²) in [7, 11) is -3.22. The van der Waals surface area contributed by atoms with Crippen LogP contribution in [0.15, 0.2) is 58.6 Å². The van der Waals surface area contributed by atoms with Gasteiger partial charge in [0.05, 0.1) is 10.5 Å². The van der Waals surface area contributed by atoms with E-state index in [0.717, 1.165) is 12.1 Å². The van der Waals surface area contributed by atoms with Crippen LogP contribution in [0.1, 0.15) is 12.0 Å². The van der Waals surface area contributed by atoms with Gasteiger partial charge in [-0.15, -0.1) is 0 Å². The van der Waals surface area contributed by atoms with E-state index < -0.39 is 9.84 Å². The fourth-order valence-corrected chi connectivity index (χ4v) is 4.10. The van der Waals surface area contributed by atoms with Gasteiger partial charge >= 0.3 is 0 Å². The van der Waals surface area contributed by atoms with Crippen LogP contribution in [0.4, 0.5) is 5.69 Å². The Bertz CT molecular complexity index is 1110. The Morgan fingerprint density at radius 2 is 1.87 bits per heavy atom. The zero-order valence-corrected chi connectivity index (χ0v) is 17.4. The number of nitrogens with two attached hydrogens (primary N) is 1. The van der Waals surface area contributed by atoms with E-state index in [-0.39, 0.29) is 17.6 Å². The Kier molecular flexibility index (Phi) is 5.40. The number of amides is 1. The first-order chi connectivity index (χ1) is 14.3. The third-order valence-electron chi connectivity index (χ3n) is 5.13. The number of fused-ring (bicyclic) bond motifs is 1. The molecule has 0 atom stereocenters. The van der Waals surface area contributed by atoms with E-state index in [0.29, 0.717) is 48.0 Å². The summed E-state index contributed by atoms with van der Waals surface area (Å²) >= 11 is 0. The summed E-state index contributed by atoms with van der Waals surface area (Å²) in [5.41, 5.74) is 8.82. The standard InChI is InChI=1S/C21H23N3O5S/c1-30(26,27)16-5-2-14(3-6-16)11-24-9-8-18(22)17(12-24)21(25)23-15-4-7-19-20(10-15)29-13-28-19/h2-7,10H,8-9,11-13,22H2,1H3,(H,23,25). The molecule has 1 amide bonds. The van der Waals surface area contributed by atoms with E-state index in [4.69, 9.17) is 15.2 Å². The van der Waals surface area contributed by atoms with Crippen molar-refractivity contribution in [1.29, 1.82) is 0 Å². The lowest BCUT2D eigenvalue weighted by atomic mass is 10.0. The van der Waals surface area contributed by atoms with Crippen molar-refractivity contribution in [2.24, 2.45) is 5.73 Å². The van der Waals surface area contributed by atoms with E-state index in [9.17, 15) is 13.2 Å². The van der Waals surface area contributed by atoms with E-state index >= 15 is 0 Å². The van der Waals surface area contributed by atoms with Gasteiger partial charge in [0, 0.05) is 49.8 Å². The number of carbonyl (C=O) groups excluding carboxylic acids is 1. The van der Waals surface area contributed by atoms with Gasteiger partial charge in [0.2, 0.25) is 6.79 Å². The Morgan fingerprint density at radius 3 is 2.60 bits per heavy atom. The first-order valence-corrected chi connectivity index (χ1v) is 11.4. The Morgan fingerprint density at radius 1 is 1.13 bits per heavy atom. The van der Waals surface area contributed by atoms with Crippen LogP contribution in [0.3, 0.4) is 0 Å². The minimum absolute atomic E-state index is 0.172. The molecule has 2 aliphatic rings. The third-order valence-corrected chi connectivity index (χ3v) is 6.26. The van der Waals surface area contributed by atoms with E-state index in [1.165, 1.54) is 6.26 Å². The van der Waals surface area contributed by atoms with Crippen LogP contribution in [0.5, 0.6) is 11.5 Å². The predicted octanol–water partition coefficient (Wildman–Crippen LogP) is 1.88. The van der Waals surface area contributed by atoms with Gasteiger partial charge in [0.25, 0.3) is 5.91 Å². The van der Waals surface area contributed by atoms with Gasteiger partial charge in [-0.1, -0.05) is 12.1 Å². The average Bonchev–Trinajstić information content (AvgIpc) is 3.17. The van der Waals surface area contributed by atoms with Crippen LogP contribution in [-0.2, 0) is 21.2 Å². The highest BCUT2D eigenvalue weighted by molar-refractivity contribution is 7.90. The summed E-state index contributed by atoms with van der Waals surface area (Å²) in [5, 5.41) is 2.87. The van der Waals surface area contributed by atoms with Crippen molar-refractivity contribution in [3.63, 3.8) is 0 Å². The summed E-state index contributed by atoms with van der Waals surface area (Å²) < 4.78 is 33.9. The van der Waals surface area contributed by atoms with Crippen molar-refractivity contribution in [2.45, 2.75) is 17.9 Å². The Balaban J connectivity index is 1.42. The summed E-state index contributed by atoms with van der Waals surface area (Å²) in [5.74, 6) is 0.999. The number of hydrogen-bond donors (Lipinski definition) is 2. The maximum absolute atomic E-state index is 12.8. The van der Waals surface area contributed by atoms with Crippen molar-refractivity contribution in [1.82, 2.24) is 4.90 Å². The van der Waals surface area contributed by atoms with Gasteiger partial charge in [-0.05, 0) is 29.8 Å². The molecule has 0 spiro atoms. The third kappa shape index (κ3) is 4.42. The number of rotatable bonds is 5. The molecule has 0 fully saturated rings. The Labute approximate surface area is 175 Å². The van der Waals surface area contributed by atoms with Crippen LogP contribution in [-0.4, -0.2) is 45.4 Å². The molecular formula is C21H23N3O5S. The zero-order chi connectivity index (χ0) is 21.3. The lowest BCUT2D eigenvalue weighted by molar-refractivity contribution is -0.113. The largest absolute Gasteiger partial charge is 0.454 e. The van der Waals surface area contributed by atoms with Gasteiger partial charge < -0.3 is 20.5 Å². The van der Waals surface area contributed by atoms with Gasteiger partial charge in [0.1, 0.15) is 0 Å². The number of carbonyl (C=O) groups is 1. The van der Waals surface area contributed by atoms with Crippen LogP contribution in [0.2, 0.25) is 0 Å². The molecule has 0 saturated heterocycles. The Hall–Kier alpha value is -3.04. The minimum atomic E-state index is -3.22. The van der Waals surface area contributed by atoms with Crippen molar-refractivity contribution in [2.75, 3.05) is 31.5 Å². The fraction of sp³-hybridized carbons (Fsp3) is 0.286. The first-order valence-electron chi connectivity index (χ1n) is 9.49. The zero-order valence-electron chi connectivity index (χ0n) is 16.6. The van der Waals surface area contributed by atoms with E-state index in [1.807, 2.05) is 0 Å². The summed E-state index contributed by atoms with van der Waals surface area (Å²) in [4.78, 5) is 15.2. The molecule has 0 bridgehead atoms. The highest BCUT2D eigenvalue weighted by atomic mass is 32.2. The highest BCUT2D eigenvalue weighted by Gasteiger charge is 2.23. The number of anilines is 1. The van der Waals surface area contributed by atoms with E-state index in [1.54, 1.807) is 42.5 Å². The van der Waals surface area contributed by atoms with Gasteiger partial charge in [-0.25, -0.2) is 8.42 Å². The molecule has 2 aromatic rings. The van der Waals surface area contributed by atoms with Gasteiger partial charge in [-0.2, -0.15) is 0 Å². The predicted molar refractivity (Wildman–Crippen MR) is 112 cm³/mol.